The number of aromatic carboxylic acids is 1. The lowest BCUT2D eigenvalue weighted by atomic mass is 10.0. The van der Waals surface area contributed by atoms with Crippen molar-refractivity contribution in [2.75, 3.05) is 11.9 Å². The average molecular weight is 263 g/mol. The number of carbonyl (C=O) groups is 2. The van der Waals surface area contributed by atoms with Crippen molar-refractivity contribution in [2.24, 2.45) is 5.41 Å². The predicted molar refractivity (Wildman–Crippen MR) is 70.2 cm³/mol. The molecule has 19 heavy (non-hydrogen) atoms. The minimum Gasteiger partial charge on any atom is -0.478 e. The number of urea groups is 1. The van der Waals surface area contributed by atoms with Gasteiger partial charge in [0.2, 0.25) is 0 Å². The number of rotatable bonds is 5. The van der Waals surface area contributed by atoms with Gasteiger partial charge in [0.25, 0.3) is 0 Å². The lowest BCUT2D eigenvalue weighted by molar-refractivity contribution is 0.0696. The van der Waals surface area contributed by atoms with Gasteiger partial charge in [-0.15, -0.1) is 0 Å². The molecule has 0 saturated heterocycles. The summed E-state index contributed by atoms with van der Waals surface area (Å²) in [6, 6.07) is 1.05. The maximum absolute atomic E-state index is 11.7. The maximum Gasteiger partial charge on any atom is 0.337 e. The van der Waals surface area contributed by atoms with E-state index < -0.39 is 5.97 Å². The number of pyridine rings is 1. The van der Waals surface area contributed by atoms with E-state index in [2.05, 4.69) is 22.5 Å². The summed E-state index contributed by atoms with van der Waals surface area (Å²) in [6.07, 6.45) is 6.02. The standard InChI is InChI=1S/C13H17N3O3/c1-2-13(3-4-13)8-15-12(19)16-10-5-9(11(17)18)6-14-7-10/h5-7H,2-4,8H2,1H3,(H,17,18)(H2,15,16,19). The summed E-state index contributed by atoms with van der Waals surface area (Å²) in [5, 5.41) is 14.2. The molecule has 3 N–H and O–H groups in total. The molecule has 2 amide bonds. The summed E-state index contributed by atoms with van der Waals surface area (Å²) in [5.74, 6) is -1.07. The van der Waals surface area contributed by atoms with Crippen molar-refractivity contribution >= 4 is 17.7 Å². The van der Waals surface area contributed by atoms with Gasteiger partial charge in [-0.25, -0.2) is 9.59 Å². The summed E-state index contributed by atoms with van der Waals surface area (Å²) >= 11 is 0. The number of nitrogens with zero attached hydrogens (tertiary/aromatic N) is 1. The molecule has 0 aliphatic heterocycles. The van der Waals surface area contributed by atoms with Crippen LogP contribution in [-0.4, -0.2) is 28.6 Å². The third-order valence-electron chi connectivity index (χ3n) is 3.57. The first-order valence-electron chi connectivity index (χ1n) is 6.28. The van der Waals surface area contributed by atoms with Gasteiger partial charge in [0.15, 0.2) is 0 Å². The van der Waals surface area contributed by atoms with Gasteiger partial charge in [-0.2, -0.15) is 0 Å². The lowest BCUT2D eigenvalue weighted by Crippen LogP contribution is -2.33. The van der Waals surface area contributed by atoms with E-state index in [1.54, 1.807) is 0 Å². The Balaban J connectivity index is 1.88. The molecule has 6 nitrogen and oxygen atoms in total. The molecule has 6 heteroatoms. The van der Waals surface area contributed by atoms with E-state index in [0.29, 0.717) is 12.2 Å². The number of anilines is 1. The van der Waals surface area contributed by atoms with Gasteiger partial charge >= 0.3 is 12.0 Å². The molecule has 0 aromatic carbocycles. The topological polar surface area (TPSA) is 91.3 Å². The molecule has 1 aromatic rings. The zero-order valence-corrected chi connectivity index (χ0v) is 10.8. The number of hydrogen-bond acceptors (Lipinski definition) is 3. The Morgan fingerprint density at radius 2 is 2.16 bits per heavy atom. The molecule has 0 unspecified atom stereocenters. The Morgan fingerprint density at radius 1 is 1.42 bits per heavy atom. The van der Waals surface area contributed by atoms with E-state index in [4.69, 9.17) is 5.11 Å². The van der Waals surface area contributed by atoms with E-state index in [-0.39, 0.29) is 17.0 Å². The Bertz CT molecular complexity index is 498. The molecule has 1 aliphatic rings. The third-order valence-corrected chi connectivity index (χ3v) is 3.57. The van der Waals surface area contributed by atoms with Crippen LogP contribution in [0, 0.1) is 5.41 Å². The van der Waals surface area contributed by atoms with Gasteiger partial charge in [-0.1, -0.05) is 6.92 Å². The monoisotopic (exact) mass is 263 g/mol. The largest absolute Gasteiger partial charge is 0.478 e. The maximum atomic E-state index is 11.7. The molecule has 0 atom stereocenters. The van der Waals surface area contributed by atoms with Crippen LogP contribution in [0.1, 0.15) is 36.5 Å². The first kappa shape index (κ1) is 13.3. The van der Waals surface area contributed by atoms with Crippen molar-refractivity contribution in [1.82, 2.24) is 10.3 Å². The molecule has 1 heterocycles. The Morgan fingerprint density at radius 3 is 2.74 bits per heavy atom. The molecule has 0 radical (unpaired) electrons. The summed E-state index contributed by atoms with van der Waals surface area (Å²) in [7, 11) is 0. The number of carbonyl (C=O) groups excluding carboxylic acids is 1. The van der Waals surface area contributed by atoms with Crippen LogP contribution < -0.4 is 10.6 Å². The molecule has 1 aromatic heterocycles. The number of aromatic nitrogens is 1. The third kappa shape index (κ3) is 3.43. The van der Waals surface area contributed by atoms with Crippen LogP contribution >= 0.6 is 0 Å². The number of nitrogens with one attached hydrogen (secondary N) is 2. The van der Waals surface area contributed by atoms with Crippen LogP contribution in [0.15, 0.2) is 18.5 Å². The van der Waals surface area contributed by atoms with Crippen molar-refractivity contribution in [1.29, 1.82) is 0 Å². The molecule has 0 spiro atoms. The Labute approximate surface area is 111 Å². The normalized spacial score (nSPS) is 15.6. The SMILES string of the molecule is CCC1(CNC(=O)Nc2cncc(C(=O)O)c2)CC1. The van der Waals surface area contributed by atoms with E-state index in [1.165, 1.54) is 18.5 Å². The van der Waals surface area contributed by atoms with Gasteiger partial charge in [0.1, 0.15) is 0 Å². The van der Waals surface area contributed by atoms with Gasteiger partial charge in [0.05, 0.1) is 17.4 Å². The van der Waals surface area contributed by atoms with Crippen molar-refractivity contribution in [2.45, 2.75) is 26.2 Å². The number of carboxylic acid groups (broad SMARTS) is 1. The quantitative estimate of drug-likeness (QED) is 0.758. The molecule has 2 rings (SSSR count). The number of carboxylic acids is 1. The van der Waals surface area contributed by atoms with Gasteiger partial charge in [-0.05, 0) is 30.7 Å². The first-order chi connectivity index (χ1) is 9.04. The summed E-state index contributed by atoms with van der Waals surface area (Å²) < 4.78 is 0. The molecule has 1 fully saturated rings. The van der Waals surface area contributed by atoms with Crippen LogP contribution in [0.5, 0.6) is 0 Å². The van der Waals surface area contributed by atoms with Crippen LogP contribution in [0.4, 0.5) is 10.5 Å². The van der Waals surface area contributed by atoms with Crippen molar-refractivity contribution in [3.05, 3.63) is 24.0 Å². The highest BCUT2D eigenvalue weighted by Gasteiger charge is 2.40. The minimum absolute atomic E-state index is 0.0463. The second kappa shape index (κ2) is 5.26. The van der Waals surface area contributed by atoms with Crippen LogP contribution in [-0.2, 0) is 0 Å². The van der Waals surface area contributed by atoms with Gasteiger partial charge < -0.3 is 15.7 Å². The smallest absolute Gasteiger partial charge is 0.337 e. The van der Waals surface area contributed by atoms with Crippen LogP contribution in [0.2, 0.25) is 0 Å². The van der Waals surface area contributed by atoms with E-state index in [1.807, 2.05) is 0 Å². The van der Waals surface area contributed by atoms with Crippen molar-refractivity contribution in [3.8, 4) is 0 Å². The molecular weight excluding hydrogens is 246 g/mol. The fourth-order valence-corrected chi connectivity index (χ4v) is 1.90. The van der Waals surface area contributed by atoms with E-state index in [0.717, 1.165) is 19.3 Å². The number of hydrogen-bond donors (Lipinski definition) is 3. The first-order valence-corrected chi connectivity index (χ1v) is 6.28. The van der Waals surface area contributed by atoms with E-state index in [9.17, 15) is 9.59 Å². The fraction of sp³-hybridized carbons (Fsp3) is 0.462. The van der Waals surface area contributed by atoms with Crippen molar-refractivity contribution in [3.63, 3.8) is 0 Å². The van der Waals surface area contributed by atoms with Crippen molar-refractivity contribution < 1.29 is 14.7 Å². The molecule has 0 bridgehead atoms. The Hall–Kier alpha value is -2.11. The summed E-state index contributed by atoms with van der Waals surface area (Å²) in [5.41, 5.74) is 0.696. The summed E-state index contributed by atoms with van der Waals surface area (Å²) in [4.78, 5) is 26.2. The highest BCUT2D eigenvalue weighted by molar-refractivity contribution is 5.92. The summed E-state index contributed by atoms with van der Waals surface area (Å²) in [6.45, 7) is 2.77. The van der Waals surface area contributed by atoms with E-state index >= 15 is 0 Å². The highest BCUT2D eigenvalue weighted by atomic mass is 16.4. The number of amides is 2. The molecule has 1 aliphatic carbocycles. The molecular formula is C13H17N3O3. The minimum atomic E-state index is -1.07. The molecule has 1 saturated carbocycles. The molecule has 102 valence electrons. The van der Waals surface area contributed by atoms with Crippen LogP contribution in [0.25, 0.3) is 0 Å². The van der Waals surface area contributed by atoms with Gasteiger partial charge in [0, 0.05) is 12.7 Å². The zero-order chi connectivity index (χ0) is 13.9. The van der Waals surface area contributed by atoms with Crippen LogP contribution in [0.3, 0.4) is 0 Å². The predicted octanol–water partition coefficient (Wildman–Crippen LogP) is 2.09. The average Bonchev–Trinajstić information content (AvgIpc) is 3.17. The zero-order valence-electron chi connectivity index (χ0n) is 10.8. The Kier molecular flexibility index (Phi) is 3.69. The second-order valence-corrected chi connectivity index (χ2v) is 4.93. The van der Waals surface area contributed by atoms with Gasteiger partial charge in [-0.3, -0.25) is 4.98 Å². The highest BCUT2D eigenvalue weighted by Crippen LogP contribution is 2.47. The second-order valence-electron chi connectivity index (χ2n) is 4.93. The fourth-order valence-electron chi connectivity index (χ4n) is 1.90. The lowest BCUT2D eigenvalue weighted by Gasteiger charge is -2.14.